The van der Waals surface area contributed by atoms with Crippen LogP contribution in [-0.4, -0.2) is 19.6 Å². The van der Waals surface area contributed by atoms with Gasteiger partial charge in [0.1, 0.15) is 11.4 Å². The Labute approximate surface area is 149 Å². The van der Waals surface area contributed by atoms with E-state index in [1.807, 2.05) is 36.5 Å². The molecule has 0 spiro atoms. The number of rotatable bonds is 4. The summed E-state index contributed by atoms with van der Waals surface area (Å²) in [7, 11) is 0. The van der Waals surface area contributed by atoms with Gasteiger partial charge >= 0.3 is 6.01 Å². The van der Waals surface area contributed by atoms with E-state index in [2.05, 4.69) is 44.1 Å². The summed E-state index contributed by atoms with van der Waals surface area (Å²) in [6.45, 7) is 2.60. The number of hydrogen-bond donors (Lipinski definition) is 1. The standard InChI is InChI=1S/C19H17N5O2/c1-12-6-7-17-20-9-14(24(17)11-12)10-21-19-23-22-18(26-19)16-8-13-4-2-3-5-15(13)25-16/h2-7,9,11,16H,8,10H2,1H3,(H,21,23)/t16-/m0/s1. The summed E-state index contributed by atoms with van der Waals surface area (Å²) in [5, 5.41) is 11.4. The number of imidazole rings is 1. The number of nitrogens with zero attached hydrogens (tertiary/aromatic N) is 4. The lowest BCUT2D eigenvalue weighted by atomic mass is 10.1. The van der Waals surface area contributed by atoms with Gasteiger partial charge in [-0.05, 0) is 30.2 Å². The zero-order valence-electron chi connectivity index (χ0n) is 14.2. The molecule has 3 aromatic heterocycles. The van der Waals surface area contributed by atoms with Crippen LogP contribution in [0, 0.1) is 6.92 Å². The number of aryl methyl sites for hydroxylation is 1. The molecule has 1 aliphatic rings. The number of nitrogens with one attached hydrogen (secondary N) is 1. The van der Waals surface area contributed by atoms with Crippen LogP contribution in [-0.2, 0) is 13.0 Å². The van der Waals surface area contributed by atoms with Gasteiger partial charge < -0.3 is 18.9 Å². The van der Waals surface area contributed by atoms with Gasteiger partial charge in [-0.3, -0.25) is 0 Å². The topological polar surface area (TPSA) is 77.5 Å². The van der Waals surface area contributed by atoms with Gasteiger partial charge in [0.05, 0.1) is 18.4 Å². The average molecular weight is 347 g/mol. The first-order chi connectivity index (χ1) is 12.8. The quantitative estimate of drug-likeness (QED) is 0.610. The number of benzene rings is 1. The summed E-state index contributed by atoms with van der Waals surface area (Å²) in [5.41, 5.74) is 4.27. The first-order valence-electron chi connectivity index (χ1n) is 8.51. The molecule has 0 saturated heterocycles. The van der Waals surface area contributed by atoms with E-state index in [0.717, 1.165) is 29.1 Å². The summed E-state index contributed by atoms with van der Waals surface area (Å²) in [6, 6.07) is 12.4. The largest absolute Gasteiger partial charge is 0.480 e. The van der Waals surface area contributed by atoms with Crippen molar-refractivity contribution in [2.45, 2.75) is 26.0 Å². The minimum atomic E-state index is -0.228. The van der Waals surface area contributed by atoms with Crippen molar-refractivity contribution in [1.82, 2.24) is 19.6 Å². The van der Waals surface area contributed by atoms with Crippen molar-refractivity contribution in [3.05, 3.63) is 71.5 Å². The molecule has 26 heavy (non-hydrogen) atoms. The highest BCUT2D eigenvalue weighted by Gasteiger charge is 2.28. The van der Waals surface area contributed by atoms with Crippen LogP contribution in [0.25, 0.3) is 5.65 Å². The Morgan fingerprint density at radius 2 is 2.12 bits per heavy atom. The minimum absolute atomic E-state index is 0.228. The number of para-hydroxylation sites is 1. The van der Waals surface area contributed by atoms with Gasteiger partial charge in [0, 0.05) is 12.6 Å². The van der Waals surface area contributed by atoms with Crippen LogP contribution >= 0.6 is 0 Å². The van der Waals surface area contributed by atoms with E-state index >= 15 is 0 Å². The van der Waals surface area contributed by atoms with Gasteiger partial charge in [-0.15, -0.1) is 5.10 Å². The fraction of sp³-hybridized carbons (Fsp3) is 0.211. The number of fused-ring (bicyclic) bond motifs is 2. The Balaban J connectivity index is 1.30. The highest BCUT2D eigenvalue weighted by atomic mass is 16.5. The van der Waals surface area contributed by atoms with E-state index in [0.29, 0.717) is 18.5 Å². The van der Waals surface area contributed by atoms with E-state index in [4.69, 9.17) is 9.15 Å². The molecule has 1 atom stereocenters. The molecule has 0 radical (unpaired) electrons. The summed E-state index contributed by atoms with van der Waals surface area (Å²) in [5.74, 6) is 1.36. The zero-order chi connectivity index (χ0) is 17.5. The molecule has 0 aliphatic carbocycles. The molecule has 0 unspecified atom stereocenters. The Bertz CT molecular complexity index is 1060. The third kappa shape index (κ3) is 2.57. The molecule has 0 fully saturated rings. The molecule has 4 aromatic rings. The van der Waals surface area contributed by atoms with Crippen molar-refractivity contribution in [3.8, 4) is 5.75 Å². The number of pyridine rings is 1. The molecule has 0 amide bonds. The molecule has 4 heterocycles. The first kappa shape index (κ1) is 14.9. The van der Waals surface area contributed by atoms with Crippen molar-refractivity contribution < 1.29 is 9.15 Å². The van der Waals surface area contributed by atoms with E-state index in [1.54, 1.807) is 0 Å². The highest BCUT2D eigenvalue weighted by molar-refractivity contribution is 5.42. The molecule has 130 valence electrons. The Morgan fingerprint density at radius 1 is 1.19 bits per heavy atom. The van der Waals surface area contributed by atoms with Crippen LogP contribution < -0.4 is 10.1 Å². The van der Waals surface area contributed by atoms with Crippen molar-refractivity contribution in [2.24, 2.45) is 0 Å². The fourth-order valence-corrected chi connectivity index (χ4v) is 3.19. The Kier molecular flexibility index (Phi) is 3.38. The molecular formula is C19H17N5O2. The highest BCUT2D eigenvalue weighted by Crippen LogP contribution is 2.36. The maximum atomic E-state index is 5.89. The normalized spacial score (nSPS) is 15.8. The Morgan fingerprint density at radius 3 is 3.04 bits per heavy atom. The summed E-state index contributed by atoms with van der Waals surface area (Å²) in [6.07, 6.45) is 4.41. The van der Waals surface area contributed by atoms with Crippen molar-refractivity contribution >= 4 is 11.7 Å². The third-order valence-corrected chi connectivity index (χ3v) is 4.51. The van der Waals surface area contributed by atoms with E-state index in [9.17, 15) is 0 Å². The summed E-state index contributed by atoms with van der Waals surface area (Å²) < 4.78 is 13.7. The smallest absolute Gasteiger partial charge is 0.315 e. The van der Waals surface area contributed by atoms with Crippen molar-refractivity contribution in [1.29, 1.82) is 0 Å². The van der Waals surface area contributed by atoms with Gasteiger partial charge in [0.25, 0.3) is 5.89 Å². The molecule has 0 bridgehead atoms. The second kappa shape index (κ2) is 5.87. The van der Waals surface area contributed by atoms with Crippen LogP contribution in [0.3, 0.4) is 0 Å². The molecule has 5 rings (SSSR count). The molecule has 7 heteroatoms. The second-order valence-electron chi connectivity index (χ2n) is 6.40. The van der Waals surface area contributed by atoms with Crippen LogP contribution in [0.1, 0.15) is 28.8 Å². The van der Waals surface area contributed by atoms with Gasteiger partial charge in [0.15, 0.2) is 6.10 Å². The van der Waals surface area contributed by atoms with Crippen LogP contribution in [0.15, 0.2) is 53.2 Å². The average Bonchev–Trinajstić information content (AvgIpc) is 3.37. The van der Waals surface area contributed by atoms with E-state index in [-0.39, 0.29) is 6.10 Å². The van der Waals surface area contributed by atoms with Gasteiger partial charge in [0.2, 0.25) is 0 Å². The van der Waals surface area contributed by atoms with Crippen molar-refractivity contribution in [2.75, 3.05) is 5.32 Å². The second-order valence-corrected chi connectivity index (χ2v) is 6.40. The number of ether oxygens (including phenoxy) is 1. The maximum Gasteiger partial charge on any atom is 0.315 e. The summed E-state index contributed by atoms with van der Waals surface area (Å²) in [4.78, 5) is 4.40. The number of hydrogen-bond acceptors (Lipinski definition) is 6. The molecule has 1 aromatic carbocycles. The molecular weight excluding hydrogens is 330 g/mol. The van der Waals surface area contributed by atoms with Gasteiger partial charge in [-0.25, -0.2) is 4.98 Å². The number of aromatic nitrogens is 4. The predicted octanol–water partition coefficient (Wildman–Crippen LogP) is 3.31. The van der Waals surface area contributed by atoms with E-state index < -0.39 is 0 Å². The third-order valence-electron chi connectivity index (χ3n) is 4.51. The minimum Gasteiger partial charge on any atom is -0.480 e. The summed E-state index contributed by atoms with van der Waals surface area (Å²) >= 11 is 0. The fourth-order valence-electron chi connectivity index (χ4n) is 3.19. The van der Waals surface area contributed by atoms with Crippen molar-refractivity contribution in [3.63, 3.8) is 0 Å². The SMILES string of the molecule is Cc1ccc2ncc(CNc3nnc([C@@H]4Cc5ccccc5O4)o3)n2c1. The Hall–Kier alpha value is -3.35. The van der Waals surface area contributed by atoms with E-state index in [1.165, 1.54) is 5.56 Å². The predicted molar refractivity (Wildman–Crippen MR) is 95.1 cm³/mol. The van der Waals surface area contributed by atoms with Crippen LogP contribution in [0.4, 0.5) is 6.01 Å². The molecule has 1 N–H and O–H groups in total. The lowest BCUT2D eigenvalue weighted by molar-refractivity contribution is 0.199. The number of anilines is 1. The van der Waals surface area contributed by atoms with Crippen LogP contribution in [0.5, 0.6) is 5.75 Å². The molecule has 7 nitrogen and oxygen atoms in total. The lowest BCUT2D eigenvalue weighted by Crippen LogP contribution is -2.03. The maximum absolute atomic E-state index is 5.89. The molecule has 0 saturated carbocycles. The molecule has 1 aliphatic heterocycles. The van der Waals surface area contributed by atoms with Gasteiger partial charge in [-0.1, -0.05) is 29.4 Å². The first-order valence-corrected chi connectivity index (χ1v) is 8.51. The monoisotopic (exact) mass is 347 g/mol. The zero-order valence-corrected chi connectivity index (χ0v) is 14.2. The lowest BCUT2D eigenvalue weighted by Gasteiger charge is -2.05. The van der Waals surface area contributed by atoms with Gasteiger partial charge in [-0.2, -0.15) is 0 Å². The van der Waals surface area contributed by atoms with Crippen LogP contribution in [0.2, 0.25) is 0 Å².